The number of carbonyl (C=O) groups excluding carboxylic acids is 2. The summed E-state index contributed by atoms with van der Waals surface area (Å²) < 4.78 is 0. The lowest BCUT2D eigenvalue weighted by Crippen LogP contribution is -2.51. The number of rotatable bonds is 7. The van der Waals surface area contributed by atoms with E-state index in [1.807, 2.05) is 31.2 Å². The summed E-state index contributed by atoms with van der Waals surface area (Å²) in [7, 11) is 0. The van der Waals surface area contributed by atoms with Crippen LogP contribution in [0.25, 0.3) is 0 Å². The van der Waals surface area contributed by atoms with Gasteiger partial charge in [-0.1, -0.05) is 32.6 Å². The number of nitrogens with one attached hydrogen (secondary N) is 2. The van der Waals surface area contributed by atoms with Crippen LogP contribution in [0.4, 0.5) is 17.5 Å². The summed E-state index contributed by atoms with van der Waals surface area (Å²) in [5.74, 6) is 0.0774. The quantitative estimate of drug-likeness (QED) is 0.585. The zero-order chi connectivity index (χ0) is 22.5. The molecule has 0 saturated carbocycles. The van der Waals surface area contributed by atoms with Gasteiger partial charge < -0.3 is 21.3 Å². The van der Waals surface area contributed by atoms with E-state index in [-0.39, 0.29) is 35.5 Å². The molecule has 3 rings (SSSR count). The van der Waals surface area contributed by atoms with Crippen LogP contribution >= 0.6 is 0 Å². The van der Waals surface area contributed by atoms with Gasteiger partial charge in [-0.2, -0.15) is 4.98 Å². The number of hydrogen-bond donors (Lipinski definition) is 3. The number of benzene rings is 1. The molecule has 9 heteroatoms. The van der Waals surface area contributed by atoms with Crippen molar-refractivity contribution < 1.29 is 9.59 Å². The Hall–Kier alpha value is -3.49. The molecule has 1 saturated heterocycles. The van der Waals surface area contributed by atoms with Crippen molar-refractivity contribution in [3.05, 3.63) is 48.2 Å². The van der Waals surface area contributed by atoms with Crippen molar-refractivity contribution in [1.82, 2.24) is 20.1 Å². The highest BCUT2D eigenvalue weighted by Gasteiger charge is 2.30. The van der Waals surface area contributed by atoms with E-state index in [4.69, 9.17) is 5.73 Å². The third kappa shape index (κ3) is 5.17. The Morgan fingerprint density at radius 3 is 2.58 bits per heavy atom. The fraction of sp³-hybridized carbons (Fsp3) is 0.409. The number of carbonyl (C=O) groups is 2. The summed E-state index contributed by atoms with van der Waals surface area (Å²) in [5.41, 5.74) is 7.38. The number of anilines is 3. The highest BCUT2D eigenvalue weighted by Crippen LogP contribution is 2.24. The van der Waals surface area contributed by atoms with Crippen LogP contribution in [-0.4, -0.2) is 50.5 Å². The molecule has 1 aromatic carbocycles. The standard InChI is InChI=1S/C22H29N7O2/c1-5-18(30)29-12-6-7-17(14(29)4)25-22-26-21(19(20(23)31)27-28-22)24-16-10-8-15(9-11-16)13(2)3/h5,8-11,13-14,17H,1,6-7,12H2,2-4H3,(H2,23,31)(H2,24,25,26,28)/t14-,17-/m1/s1. The van der Waals surface area contributed by atoms with Crippen LogP contribution in [0.3, 0.4) is 0 Å². The van der Waals surface area contributed by atoms with E-state index in [0.29, 0.717) is 12.5 Å². The second-order valence-electron chi connectivity index (χ2n) is 7.97. The van der Waals surface area contributed by atoms with E-state index in [1.165, 1.54) is 11.6 Å². The van der Waals surface area contributed by atoms with E-state index in [9.17, 15) is 9.59 Å². The molecule has 9 nitrogen and oxygen atoms in total. The Bertz CT molecular complexity index is 959. The van der Waals surface area contributed by atoms with Gasteiger partial charge in [0.1, 0.15) is 0 Å². The van der Waals surface area contributed by atoms with Gasteiger partial charge in [-0.25, -0.2) is 0 Å². The minimum absolute atomic E-state index is 0.0429. The molecule has 2 aromatic rings. The van der Waals surface area contributed by atoms with Crippen LogP contribution in [0.15, 0.2) is 36.9 Å². The van der Waals surface area contributed by atoms with Crippen LogP contribution in [0.1, 0.15) is 55.6 Å². The summed E-state index contributed by atoms with van der Waals surface area (Å²) in [6, 6.07) is 7.73. The van der Waals surface area contributed by atoms with E-state index in [2.05, 4.69) is 46.2 Å². The maximum Gasteiger partial charge on any atom is 0.273 e. The largest absolute Gasteiger partial charge is 0.364 e. The first kappa shape index (κ1) is 22.2. The van der Waals surface area contributed by atoms with E-state index >= 15 is 0 Å². The summed E-state index contributed by atoms with van der Waals surface area (Å²) in [6.45, 7) is 10.5. The average Bonchev–Trinajstić information content (AvgIpc) is 2.75. The fourth-order valence-electron chi connectivity index (χ4n) is 3.66. The molecule has 1 fully saturated rings. The summed E-state index contributed by atoms with van der Waals surface area (Å²) >= 11 is 0. The van der Waals surface area contributed by atoms with Gasteiger partial charge in [0.2, 0.25) is 11.9 Å². The highest BCUT2D eigenvalue weighted by atomic mass is 16.2. The molecular weight excluding hydrogens is 394 g/mol. The SMILES string of the molecule is C=CC(=O)N1CCC[C@@H](Nc2nnc(C(N)=O)c(Nc3ccc(C(C)C)cc3)n2)[C@H]1C. The van der Waals surface area contributed by atoms with Crippen LogP contribution in [0.2, 0.25) is 0 Å². The predicted octanol–water partition coefficient (Wildman–Crippen LogP) is 2.81. The van der Waals surface area contributed by atoms with E-state index < -0.39 is 5.91 Å². The molecule has 4 N–H and O–H groups in total. The average molecular weight is 424 g/mol. The van der Waals surface area contributed by atoms with Crippen molar-refractivity contribution in [3.8, 4) is 0 Å². The van der Waals surface area contributed by atoms with Gasteiger partial charge in [-0.3, -0.25) is 9.59 Å². The molecular formula is C22H29N7O2. The molecule has 0 spiro atoms. The van der Waals surface area contributed by atoms with Gasteiger partial charge in [-0.15, -0.1) is 10.2 Å². The molecule has 2 heterocycles. The number of likely N-dealkylation sites (tertiary alicyclic amines) is 1. The Labute approximate surface area is 182 Å². The van der Waals surface area contributed by atoms with Crippen LogP contribution in [0.5, 0.6) is 0 Å². The number of nitrogens with two attached hydrogens (primary N) is 1. The van der Waals surface area contributed by atoms with Gasteiger partial charge in [0.15, 0.2) is 11.5 Å². The van der Waals surface area contributed by atoms with Gasteiger partial charge in [0.05, 0.1) is 0 Å². The minimum Gasteiger partial charge on any atom is -0.364 e. The van der Waals surface area contributed by atoms with Crippen molar-refractivity contribution >= 4 is 29.3 Å². The summed E-state index contributed by atoms with van der Waals surface area (Å²) in [5, 5.41) is 14.4. The van der Waals surface area contributed by atoms with Crippen molar-refractivity contribution in [2.24, 2.45) is 5.73 Å². The molecule has 1 aromatic heterocycles. The van der Waals surface area contributed by atoms with Crippen molar-refractivity contribution in [2.75, 3.05) is 17.2 Å². The normalized spacial score (nSPS) is 18.5. The third-order valence-electron chi connectivity index (χ3n) is 5.52. The van der Waals surface area contributed by atoms with Gasteiger partial charge in [0, 0.05) is 24.3 Å². The van der Waals surface area contributed by atoms with E-state index in [0.717, 1.165) is 18.5 Å². The zero-order valence-electron chi connectivity index (χ0n) is 18.1. The van der Waals surface area contributed by atoms with Crippen LogP contribution in [-0.2, 0) is 4.79 Å². The smallest absolute Gasteiger partial charge is 0.273 e. The minimum atomic E-state index is -0.721. The molecule has 2 atom stereocenters. The molecule has 0 unspecified atom stereocenters. The first-order valence-electron chi connectivity index (χ1n) is 10.4. The van der Waals surface area contributed by atoms with Gasteiger partial charge in [-0.05, 0) is 49.5 Å². The summed E-state index contributed by atoms with van der Waals surface area (Å²) in [6.07, 6.45) is 3.02. The Morgan fingerprint density at radius 1 is 1.26 bits per heavy atom. The third-order valence-corrected chi connectivity index (χ3v) is 5.52. The first-order valence-corrected chi connectivity index (χ1v) is 10.4. The molecule has 1 aliphatic rings. The topological polar surface area (TPSA) is 126 Å². The molecule has 2 amide bonds. The maximum atomic E-state index is 12.1. The van der Waals surface area contributed by atoms with Crippen molar-refractivity contribution in [1.29, 1.82) is 0 Å². The summed E-state index contributed by atoms with van der Waals surface area (Å²) in [4.78, 5) is 30.1. The maximum absolute atomic E-state index is 12.1. The Morgan fingerprint density at radius 2 is 1.97 bits per heavy atom. The molecule has 31 heavy (non-hydrogen) atoms. The number of piperidine rings is 1. The van der Waals surface area contributed by atoms with Crippen LogP contribution in [0, 0.1) is 0 Å². The second-order valence-corrected chi connectivity index (χ2v) is 7.97. The zero-order valence-corrected chi connectivity index (χ0v) is 18.1. The lowest BCUT2D eigenvalue weighted by molar-refractivity contribution is -0.129. The number of aromatic nitrogens is 3. The molecule has 1 aliphatic heterocycles. The highest BCUT2D eigenvalue weighted by molar-refractivity contribution is 5.96. The molecule has 0 bridgehead atoms. The van der Waals surface area contributed by atoms with Crippen molar-refractivity contribution in [3.63, 3.8) is 0 Å². The molecule has 164 valence electrons. The van der Waals surface area contributed by atoms with Crippen LogP contribution < -0.4 is 16.4 Å². The Kier molecular flexibility index (Phi) is 6.84. The number of primary amides is 1. The fourth-order valence-corrected chi connectivity index (χ4v) is 3.66. The van der Waals surface area contributed by atoms with Gasteiger partial charge >= 0.3 is 0 Å². The Balaban J connectivity index is 1.82. The van der Waals surface area contributed by atoms with E-state index in [1.54, 1.807) is 4.90 Å². The molecule has 0 radical (unpaired) electrons. The lowest BCUT2D eigenvalue weighted by atomic mass is 9.97. The monoisotopic (exact) mass is 423 g/mol. The number of amides is 2. The molecule has 0 aliphatic carbocycles. The predicted molar refractivity (Wildman–Crippen MR) is 120 cm³/mol. The lowest BCUT2D eigenvalue weighted by Gasteiger charge is -2.39. The van der Waals surface area contributed by atoms with Crippen molar-refractivity contribution in [2.45, 2.75) is 51.6 Å². The first-order chi connectivity index (χ1) is 14.8. The van der Waals surface area contributed by atoms with Gasteiger partial charge in [0.25, 0.3) is 5.91 Å². The second kappa shape index (κ2) is 9.55. The number of hydrogen-bond acceptors (Lipinski definition) is 7. The number of nitrogens with zero attached hydrogens (tertiary/aromatic N) is 4.